The van der Waals surface area contributed by atoms with E-state index in [-0.39, 0.29) is 12.3 Å². The maximum atomic E-state index is 12.3. The lowest BCUT2D eigenvalue weighted by atomic mass is 10.1. The standard InChI is InChI=1S/C24H25N3O5/c1-16-20(15-27-12-11-25-23(29)21(27)14-22(28)30-2)26-24(31-16)17-7-6-10-19(13-17)32-18-8-4-3-5-9-18/h3-10,13,21H,11-12,14-15H2,1-2H3,(H,25,29)/t21-/m0/s1. The molecule has 0 unspecified atom stereocenters. The third kappa shape index (κ3) is 4.97. The monoisotopic (exact) mass is 435 g/mol. The normalized spacial score (nSPS) is 16.4. The van der Waals surface area contributed by atoms with Crippen molar-refractivity contribution in [2.45, 2.75) is 25.9 Å². The van der Waals surface area contributed by atoms with Crippen molar-refractivity contribution in [2.75, 3.05) is 20.2 Å². The predicted molar refractivity (Wildman–Crippen MR) is 117 cm³/mol. The largest absolute Gasteiger partial charge is 0.469 e. The fraction of sp³-hybridized carbons (Fsp3) is 0.292. The smallest absolute Gasteiger partial charge is 0.307 e. The Bertz CT molecular complexity index is 1100. The van der Waals surface area contributed by atoms with E-state index in [9.17, 15) is 9.59 Å². The van der Waals surface area contributed by atoms with Crippen molar-refractivity contribution in [1.29, 1.82) is 0 Å². The van der Waals surface area contributed by atoms with E-state index >= 15 is 0 Å². The number of benzene rings is 2. The lowest BCUT2D eigenvalue weighted by Crippen LogP contribution is -2.55. The number of nitrogens with one attached hydrogen (secondary N) is 1. The minimum atomic E-state index is -0.599. The summed E-state index contributed by atoms with van der Waals surface area (Å²) in [5.41, 5.74) is 1.51. The molecule has 1 fully saturated rings. The molecule has 0 saturated carbocycles. The van der Waals surface area contributed by atoms with Gasteiger partial charge in [-0.3, -0.25) is 14.5 Å². The van der Waals surface area contributed by atoms with Crippen LogP contribution >= 0.6 is 0 Å². The molecule has 1 amide bonds. The number of nitrogens with zero attached hydrogens (tertiary/aromatic N) is 2. The summed E-state index contributed by atoms with van der Waals surface area (Å²) in [4.78, 5) is 30.7. The quantitative estimate of drug-likeness (QED) is 0.569. The van der Waals surface area contributed by atoms with E-state index in [1.54, 1.807) is 0 Å². The summed E-state index contributed by atoms with van der Waals surface area (Å²) < 4.78 is 16.6. The summed E-state index contributed by atoms with van der Waals surface area (Å²) in [5, 5.41) is 2.80. The van der Waals surface area contributed by atoms with E-state index in [0.717, 1.165) is 17.0 Å². The minimum Gasteiger partial charge on any atom is -0.469 e. The number of aromatic nitrogens is 1. The summed E-state index contributed by atoms with van der Waals surface area (Å²) in [6, 6.07) is 16.5. The highest BCUT2D eigenvalue weighted by atomic mass is 16.5. The van der Waals surface area contributed by atoms with Crippen molar-refractivity contribution >= 4 is 11.9 Å². The van der Waals surface area contributed by atoms with Gasteiger partial charge in [0.15, 0.2) is 0 Å². The van der Waals surface area contributed by atoms with Gasteiger partial charge >= 0.3 is 5.97 Å². The summed E-state index contributed by atoms with van der Waals surface area (Å²) in [5.74, 6) is 1.95. The van der Waals surface area contributed by atoms with Crippen LogP contribution < -0.4 is 10.1 Å². The molecule has 32 heavy (non-hydrogen) atoms. The summed E-state index contributed by atoms with van der Waals surface area (Å²) in [6.45, 7) is 3.36. The second-order valence-electron chi connectivity index (χ2n) is 7.52. The van der Waals surface area contributed by atoms with Crippen LogP contribution in [0.1, 0.15) is 17.9 Å². The van der Waals surface area contributed by atoms with E-state index < -0.39 is 12.0 Å². The average molecular weight is 435 g/mol. The van der Waals surface area contributed by atoms with Crippen LogP contribution in [-0.2, 0) is 20.9 Å². The van der Waals surface area contributed by atoms with Crippen LogP contribution in [0.25, 0.3) is 11.5 Å². The van der Waals surface area contributed by atoms with Crippen LogP contribution in [0.5, 0.6) is 11.5 Å². The SMILES string of the molecule is COC(=O)C[C@H]1C(=O)NCCN1Cc1nc(-c2cccc(Oc3ccccc3)c2)oc1C. The molecule has 1 aromatic heterocycles. The third-order valence-corrected chi connectivity index (χ3v) is 5.33. The first-order valence-electron chi connectivity index (χ1n) is 10.4. The van der Waals surface area contributed by atoms with Crippen molar-refractivity contribution < 1.29 is 23.5 Å². The number of piperazine rings is 1. The maximum absolute atomic E-state index is 12.3. The number of carbonyl (C=O) groups excluding carboxylic acids is 2. The highest BCUT2D eigenvalue weighted by molar-refractivity contribution is 5.87. The Hall–Kier alpha value is -3.65. The number of hydrogen-bond donors (Lipinski definition) is 1. The number of aryl methyl sites for hydroxylation is 1. The molecule has 1 saturated heterocycles. The van der Waals surface area contributed by atoms with Gasteiger partial charge in [-0.15, -0.1) is 0 Å². The van der Waals surface area contributed by atoms with Crippen molar-refractivity contribution in [2.24, 2.45) is 0 Å². The Balaban J connectivity index is 1.52. The molecule has 0 bridgehead atoms. The maximum Gasteiger partial charge on any atom is 0.307 e. The van der Waals surface area contributed by atoms with Gasteiger partial charge in [0.05, 0.1) is 19.2 Å². The zero-order chi connectivity index (χ0) is 22.5. The Labute approximate surface area is 186 Å². The zero-order valence-corrected chi connectivity index (χ0v) is 18.0. The van der Waals surface area contributed by atoms with Gasteiger partial charge in [-0.05, 0) is 37.3 Å². The second-order valence-corrected chi connectivity index (χ2v) is 7.52. The Morgan fingerprint density at radius 1 is 1.19 bits per heavy atom. The van der Waals surface area contributed by atoms with Crippen LogP contribution in [0.15, 0.2) is 59.0 Å². The number of ether oxygens (including phenoxy) is 2. The molecule has 0 radical (unpaired) electrons. The van der Waals surface area contributed by atoms with Gasteiger partial charge in [0.25, 0.3) is 0 Å². The van der Waals surface area contributed by atoms with E-state index in [4.69, 9.17) is 13.9 Å². The molecule has 1 atom stereocenters. The fourth-order valence-corrected chi connectivity index (χ4v) is 3.62. The summed E-state index contributed by atoms with van der Waals surface area (Å²) in [6.07, 6.45) is -0.00897. The zero-order valence-electron chi connectivity index (χ0n) is 18.0. The topological polar surface area (TPSA) is 93.9 Å². The third-order valence-electron chi connectivity index (χ3n) is 5.33. The molecule has 2 heterocycles. The fourth-order valence-electron chi connectivity index (χ4n) is 3.62. The van der Waals surface area contributed by atoms with Crippen LogP contribution in [0.2, 0.25) is 0 Å². The van der Waals surface area contributed by atoms with Gasteiger partial charge in [-0.1, -0.05) is 24.3 Å². The average Bonchev–Trinajstić information content (AvgIpc) is 3.17. The predicted octanol–water partition coefficient (Wildman–Crippen LogP) is 3.31. The van der Waals surface area contributed by atoms with Crippen LogP contribution in [0, 0.1) is 6.92 Å². The number of hydrogen-bond acceptors (Lipinski definition) is 7. The van der Waals surface area contributed by atoms with Gasteiger partial charge in [-0.25, -0.2) is 4.98 Å². The lowest BCUT2D eigenvalue weighted by molar-refractivity contribution is -0.146. The molecule has 1 N–H and O–H groups in total. The van der Waals surface area contributed by atoms with Crippen molar-refractivity contribution in [3.63, 3.8) is 0 Å². The second kappa shape index (κ2) is 9.65. The number of para-hydroxylation sites is 1. The molecule has 3 aromatic rings. The molecule has 0 aliphatic carbocycles. The number of methoxy groups -OCH3 is 1. The molecule has 2 aromatic carbocycles. The first kappa shape index (κ1) is 21.6. The van der Waals surface area contributed by atoms with E-state index in [1.165, 1.54) is 7.11 Å². The van der Waals surface area contributed by atoms with Gasteiger partial charge < -0.3 is 19.2 Å². The molecular formula is C24H25N3O5. The van der Waals surface area contributed by atoms with Gasteiger partial charge in [0.2, 0.25) is 11.8 Å². The number of esters is 1. The number of amides is 1. The number of rotatable bonds is 7. The van der Waals surface area contributed by atoms with E-state index in [0.29, 0.717) is 37.0 Å². The van der Waals surface area contributed by atoms with Gasteiger partial charge in [0.1, 0.15) is 23.3 Å². The van der Waals surface area contributed by atoms with Gasteiger partial charge in [0, 0.05) is 25.2 Å². The highest BCUT2D eigenvalue weighted by Gasteiger charge is 2.33. The molecule has 0 spiro atoms. The Morgan fingerprint density at radius 2 is 1.97 bits per heavy atom. The van der Waals surface area contributed by atoms with Crippen molar-refractivity contribution in [3.8, 4) is 23.0 Å². The molecule has 166 valence electrons. The van der Waals surface area contributed by atoms with Crippen molar-refractivity contribution in [3.05, 3.63) is 66.1 Å². The van der Waals surface area contributed by atoms with Crippen LogP contribution in [0.3, 0.4) is 0 Å². The van der Waals surface area contributed by atoms with E-state index in [1.807, 2.05) is 66.4 Å². The summed E-state index contributed by atoms with van der Waals surface area (Å²) >= 11 is 0. The lowest BCUT2D eigenvalue weighted by Gasteiger charge is -2.33. The minimum absolute atomic E-state index is 0.00897. The van der Waals surface area contributed by atoms with E-state index in [2.05, 4.69) is 10.3 Å². The molecule has 8 heteroatoms. The molecule has 4 rings (SSSR count). The highest BCUT2D eigenvalue weighted by Crippen LogP contribution is 2.29. The van der Waals surface area contributed by atoms with Crippen molar-refractivity contribution in [1.82, 2.24) is 15.2 Å². The first-order chi connectivity index (χ1) is 15.5. The van der Waals surface area contributed by atoms with Crippen LogP contribution in [0.4, 0.5) is 0 Å². The van der Waals surface area contributed by atoms with Gasteiger partial charge in [-0.2, -0.15) is 0 Å². The number of carbonyl (C=O) groups is 2. The molecule has 8 nitrogen and oxygen atoms in total. The first-order valence-corrected chi connectivity index (χ1v) is 10.4. The molecule has 1 aliphatic heterocycles. The number of oxazole rings is 1. The Morgan fingerprint density at radius 3 is 2.75 bits per heavy atom. The molecule has 1 aliphatic rings. The molecular weight excluding hydrogens is 410 g/mol. The summed E-state index contributed by atoms with van der Waals surface area (Å²) in [7, 11) is 1.32. The Kier molecular flexibility index (Phi) is 6.51. The van der Waals surface area contributed by atoms with Crippen LogP contribution in [-0.4, -0.2) is 48.0 Å².